The summed E-state index contributed by atoms with van der Waals surface area (Å²) in [4.78, 5) is 6.79. The summed E-state index contributed by atoms with van der Waals surface area (Å²) in [5, 5.41) is 2.51. The van der Waals surface area contributed by atoms with Gasteiger partial charge in [0, 0.05) is 56.9 Å². The Bertz CT molecular complexity index is 2690. The lowest BCUT2D eigenvalue weighted by atomic mass is 9.82. The number of hydrogen-bond donors (Lipinski definition) is 0. The fourth-order valence-corrected chi connectivity index (χ4v) is 8.16. The Morgan fingerprint density at radius 2 is 1.28 bits per heavy atom. The highest BCUT2D eigenvalue weighted by Crippen LogP contribution is 2.49. The molecule has 3 nitrogen and oxygen atoms in total. The second kappa shape index (κ2) is 13.0. The van der Waals surface area contributed by atoms with Crippen molar-refractivity contribution in [3.63, 3.8) is 0 Å². The third kappa shape index (κ3) is 5.48. The fraction of sp³-hybridized carbons (Fsp3) is 0.100. The van der Waals surface area contributed by atoms with Gasteiger partial charge < -0.3 is 9.47 Å². The first-order chi connectivity index (χ1) is 25.9. The summed E-state index contributed by atoms with van der Waals surface area (Å²) in [6.45, 7) is 9.07. The molecule has 0 saturated heterocycles. The number of fused-ring (bicyclic) bond motifs is 4. The molecule has 0 N–H and O–H groups in total. The molecule has 1 aliphatic carbocycles. The molecule has 8 aromatic rings. The highest BCUT2D eigenvalue weighted by molar-refractivity contribution is 6.10. The molecule has 6 aromatic carbocycles. The van der Waals surface area contributed by atoms with Gasteiger partial charge in [0.05, 0.1) is 11.0 Å². The Hall–Kier alpha value is -6.45. The SMILES string of the molecule is C/C=C\C1=C(C)C(C)(C)c2cc(N(c3ccc(-c4ccc5c(c4)c4ccccc4n5-c4ccccc4)cc3)c3cccc(-c4cccnc4)c3)ccc21. The van der Waals surface area contributed by atoms with E-state index < -0.39 is 0 Å². The van der Waals surface area contributed by atoms with Gasteiger partial charge in [-0.25, -0.2) is 0 Å². The fourth-order valence-electron chi connectivity index (χ4n) is 8.16. The molecular weight excluding hydrogens is 643 g/mol. The Morgan fingerprint density at radius 3 is 2.08 bits per heavy atom. The maximum absolute atomic E-state index is 4.40. The van der Waals surface area contributed by atoms with Crippen LogP contribution in [0.15, 0.2) is 182 Å². The number of pyridine rings is 1. The van der Waals surface area contributed by atoms with Crippen molar-refractivity contribution in [1.29, 1.82) is 0 Å². The van der Waals surface area contributed by atoms with Gasteiger partial charge in [-0.3, -0.25) is 4.98 Å². The maximum Gasteiger partial charge on any atom is 0.0541 e. The van der Waals surface area contributed by atoms with Gasteiger partial charge in [-0.05, 0) is 120 Å². The molecule has 0 spiro atoms. The minimum Gasteiger partial charge on any atom is -0.310 e. The van der Waals surface area contributed by atoms with Crippen molar-refractivity contribution in [2.75, 3.05) is 4.90 Å². The summed E-state index contributed by atoms with van der Waals surface area (Å²) in [7, 11) is 0. The molecule has 0 saturated carbocycles. The quantitative estimate of drug-likeness (QED) is 0.167. The first-order valence-electron chi connectivity index (χ1n) is 18.4. The van der Waals surface area contributed by atoms with Crippen molar-refractivity contribution in [1.82, 2.24) is 9.55 Å². The number of rotatable bonds is 7. The monoisotopic (exact) mass is 683 g/mol. The van der Waals surface area contributed by atoms with E-state index in [1.807, 2.05) is 18.5 Å². The highest BCUT2D eigenvalue weighted by Gasteiger charge is 2.35. The Kier molecular flexibility index (Phi) is 7.93. The van der Waals surface area contributed by atoms with Crippen LogP contribution in [0.4, 0.5) is 17.1 Å². The minimum absolute atomic E-state index is 0.0739. The summed E-state index contributed by atoms with van der Waals surface area (Å²) < 4.78 is 2.37. The van der Waals surface area contributed by atoms with E-state index in [0.717, 1.165) is 28.2 Å². The maximum atomic E-state index is 4.40. The van der Waals surface area contributed by atoms with E-state index in [1.54, 1.807) is 0 Å². The molecule has 3 heteroatoms. The zero-order valence-electron chi connectivity index (χ0n) is 30.6. The lowest BCUT2D eigenvalue weighted by Gasteiger charge is -2.29. The number of hydrogen-bond acceptors (Lipinski definition) is 2. The van der Waals surface area contributed by atoms with Crippen molar-refractivity contribution in [3.8, 4) is 27.9 Å². The van der Waals surface area contributed by atoms with E-state index in [2.05, 4.69) is 200 Å². The van der Waals surface area contributed by atoms with Crippen molar-refractivity contribution < 1.29 is 0 Å². The minimum atomic E-state index is -0.0739. The molecule has 1 aliphatic rings. The number of nitrogens with zero attached hydrogens (tertiary/aromatic N) is 3. The zero-order valence-corrected chi connectivity index (χ0v) is 30.6. The molecule has 0 radical (unpaired) electrons. The van der Waals surface area contributed by atoms with Crippen LogP contribution in [0, 0.1) is 0 Å². The van der Waals surface area contributed by atoms with Gasteiger partial charge >= 0.3 is 0 Å². The van der Waals surface area contributed by atoms with E-state index in [4.69, 9.17) is 0 Å². The average Bonchev–Trinajstić information content (AvgIpc) is 3.63. The summed E-state index contributed by atoms with van der Waals surface area (Å²) in [6, 6.07) is 55.1. The standard InChI is InChI=1S/C50H41N3/c1-5-13-43-34(2)50(3,4)47-32-42(26-27-44(43)47)52(41-18-11-14-36(30-41)38-15-12-29-51-33-38)40-24-21-35(22-25-40)37-23-28-49-46(31-37)45-19-9-10-20-48(45)53(49)39-16-7-6-8-17-39/h5-33H,1-4H3/b13-5-. The van der Waals surface area contributed by atoms with Gasteiger partial charge in [-0.15, -0.1) is 0 Å². The van der Waals surface area contributed by atoms with Crippen LogP contribution in [0.2, 0.25) is 0 Å². The van der Waals surface area contributed by atoms with Gasteiger partial charge in [-0.2, -0.15) is 0 Å². The molecule has 0 amide bonds. The summed E-state index contributed by atoms with van der Waals surface area (Å²) in [5.74, 6) is 0. The molecule has 0 atom stereocenters. The molecule has 0 unspecified atom stereocenters. The first kappa shape index (κ1) is 32.5. The Labute approximate surface area is 311 Å². The number of para-hydroxylation sites is 2. The van der Waals surface area contributed by atoms with Crippen molar-refractivity contribution in [3.05, 3.63) is 193 Å². The molecule has 0 bridgehead atoms. The van der Waals surface area contributed by atoms with Gasteiger partial charge in [-0.1, -0.05) is 110 Å². The van der Waals surface area contributed by atoms with Crippen LogP contribution in [0.25, 0.3) is 55.3 Å². The molecule has 2 aromatic heterocycles. The molecule has 0 aliphatic heterocycles. The zero-order chi connectivity index (χ0) is 36.1. The van der Waals surface area contributed by atoms with Crippen molar-refractivity contribution in [2.24, 2.45) is 0 Å². The molecule has 256 valence electrons. The smallest absolute Gasteiger partial charge is 0.0541 e. The molecule has 53 heavy (non-hydrogen) atoms. The topological polar surface area (TPSA) is 21.1 Å². The van der Waals surface area contributed by atoms with Gasteiger partial charge in [0.2, 0.25) is 0 Å². The largest absolute Gasteiger partial charge is 0.310 e. The predicted molar refractivity (Wildman–Crippen MR) is 225 cm³/mol. The third-order valence-corrected chi connectivity index (χ3v) is 11.1. The van der Waals surface area contributed by atoms with E-state index >= 15 is 0 Å². The van der Waals surface area contributed by atoms with Crippen LogP contribution in [0.3, 0.4) is 0 Å². The van der Waals surface area contributed by atoms with Crippen LogP contribution in [0.5, 0.6) is 0 Å². The van der Waals surface area contributed by atoms with Crippen LogP contribution in [-0.2, 0) is 5.41 Å². The lowest BCUT2D eigenvalue weighted by Crippen LogP contribution is -2.17. The summed E-state index contributed by atoms with van der Waals surface area (Å²) >= 11 is 0. The van der Waals surface area contributed by atoms with E-state index in [9.17, 15) is 0 Å². The normalized spacial score (nSPS) is 13.7. The second-order valence-electron chi connectivity index (χ2n) is 14.5. The highest BCUT2D eigenvalue weighted by atomic mass is 15.1. The lowest BCUT2D eigenvalue weighted by molar-refractivity contribution is 0.639. The Balaban J connectivity index is 1.15. The van der Waals surface area contributed by atoms with E-state index in [-0.39, 0.29) is 5.41 Å². The number of anilines is 3. The van der Waals surface area contributed by atoms with Gasteiger partial charge in [0.1, 0.15) is 0 Å². The number of allylic oxidation sites excluding steroid dienone is 4. The van der Waals surface area contributed by atoms with Gasteiger partial charge in [0.15, 0.2) is 0 Å². The molecule has 0 fully saturated rings. The van der Waals surface area contributed by atoms with Gasteiger partial charge in [0.25, 0.3) is 0 Å². The van der Waals surface area contributed by atoms with Crippen LogP contribution in [0.1, 0.15) is 38.8 Å². The van der Waals surface area contributed by atoms with Crippen molar-refractivity contribution >= 4 is 44.4 Å². The molecular formula is C50H41N3. The first-order valence-corrected chi connectivity index (χ1v) is 18.4. The van der Waals surface area contributed by atoms with Crippen LogP contribution < -0.4 is 4.90 Å². The average molecular weight is 684 g/mol. The van der Waals surface area contributed by atoms with Crippen LogP contribution in [-0.4, -0.2) is 9.55 Å². The van der Waals surface area contributed by atoms with E-state index in [0.29, 0.717) is 0 Å². The van der Waals surface area contributed by atoms with Crippen molar-refractivity contribution in [2.45, 2.75) is 33.1 Å². The summed E-state index contributed by atoms with van der Waals surface area (Å²) in [6.07, 6.45) is 8.16. The predicted octanol–water partition coefficient (Wildman–Crippen LogP) is 13.6. The van der Waals surface area contributed by atoms with Crippen LogP contribution >= 0.6 is 0 Å². The third-order valence-electron chi connectivity index (χ3n) is 11.1. The Morgan fingerprint density at radius 1 is 0.585 bits per heavy atom. The molecule has 2 heterocycles. The van der Waals surface area contributed by atoms with E-state index in [1.165, 1.54) is 60.9 Å². The number of aromatic nitrogens is 2. The summed E-state index contributed by atoms with van der Waals surface area (Å²) in [5.41, 5.74) is 16.9. The molecule has 9 rings (SSSR count). The number of benzene rings is 6. The second-order valence-corrected chi connectivity index (χ2v) is 14.5.